The van der Waals surface area contributed by atoms with Gasteiger partial charge in [-0.15, -0.1) is 0 Å². The maximum Gasteiger partial charge on any atom is 0.397 e. The number of aliphatic hydroxyl groups excluding tert-OH is 6. The Balaban J connectivity index is 1.28. The highest BCUT2D eigenvalue weighted by molar-refractivity contribution is 7.80. The molecule has 5 rings (SSSR count). The molecule has 1 aliphatic heterocycles. The Hall–Kier alpha value is -0.530. The largest absolute Gasteiger partial charge is 0.397 e. The molecule has 14 nitrogen and oxygen atoms in total. The van der Waals surface area contributed by atoms with E-state index in [4.69, 9.17) is 18.4 Å². The van der Waals surface area contributed by atoms with E-state index in [-0.39, 0.29) is 55.6 Å². The van der Waals surface area contributed by atoms with Crippen LogP contribution in [-0.2, 0) is 28.8 Å². The first-order valence-electron chi connectivity index (χ1n) is 18.9. The Morgan fingerprint density at radius 1 is 0.902 bits per heavy atom. The molecule has 0 aromatic carbocycles. The molecule has 0 amide bonds. The predicted molar refractivity (Wildman–Crippen MR) is 183 cm³/mol. The van der Waals surface area contributed by atoms with E-state index in [0.29, 0.717) is 32.1 Å². The van der Waals surface area contributed by atoms with Gasteiger partial charge in [0, 0.05) is 19.4 Å². The highest BCUT2D eigenvalue weighted by Gasteiger charge is 2.73. The second-order valence-corrected chi connectivity index (χ2v) is 18.6. The van der Waals surface area contributed by atoms with Crippen LogP contribution in [0.2, 0.25) is 0 Å². The van der Waals surface area contributed by atoms with E-state index in [2.05, 4.69) is 20.8 Å². The molecule has 1 saturated heterocycles. The first-order valence-corrected chi connectivity index (χ1v) is 20.3. The number of aliphatic hydroxyl groups is 7. The smallest absolute Gasteiger partial charge is 0.394 e. The zero-order chi connectivity index (χ0) is 37.8. The van der Waals surface area contributed by atoms with Crippen molar-refractivity contribution in [3.8, 4) is 0 Å². The van der Waals surface area contributed by atoms with Crippen molar-refractivity contribution in [2.24, 2.45) is 52.3 Å². The molecule has 4 aliphatic carbocycles. The van der Waals surface area contributed by atoms with Crippen LogP contribution in [0.1, 0.15) is 92.4 Å². The van der Waals surface area contributed by atoms with E-state index in [1.165, 1.54) is 7.11 Å². The fourth-order valence-electron chi connectivity index (χ4n) is 12.0. The van der Waals surface area contributed by atoms with Gasteiger partial charge in [-0.25, -0.2) is 4.18 Å². The normalized spacial score (nSPS) is 47.4. The lowest BCUT2D eigenvalue weighted by Crippen LogP contribution is -2.69. The van der Waals surface area contributed by atoms with Crippen LogP contribution in [0.4, 0.5) is 0 Å². The van der Waals surface area contributed by atoms with E-state index < -0.39 is 93.8 Å². The van der Waals surface area contributed by atoms with Gasteiger partial charge in [0.15, 0.2) is 6.29 Å². The first kappa shape index (κ1) is 41.6. The van der Waals surface area contributed by atoms with Crippen LogP contribution in [0.15, 0.2) is 0 Å². The molecule has 0 aromatic rings. The van der Waals surface area contributed by atoms with Crippen molar-refractivity contribution in [1.82, 2.24) is 0 Å². The number of ether oxygens (including phenoxy) is 3. The van der Waals surface area contributed by atoms with Crippen molar-refractivity contribution in [2.45, 2.75) is 153 Å². The summed E-state index contributed by atoms with van der Waals surface area (Å²) in [5.74, 6) is -1.43. The lowest BCUT2D eigenvalue weighted by molar-refractivity contribution is -0.260. The SMILES string of the molecule is CO[C@H](CO)[C@@H]1O[C@@H](OCC[C@@H](CC[C@@H](C)[C@H]2[C@@H](O)[C@H](O)[C@@H]3[C@]2(C)CC[C@@H]2[C@@]4(C)CC[C@H](O)C[C@@H]4[C@@H](OS(=O)(=O)O)C[C@]23O)C(C)C)[C@H](O)[C@H]1O. The second kappa shape index (κ2) is 15.5. The number of fused-ring (bicyclic) bond motifs is 5. The summed E-state index contributed by atoms with van der Waals surface area (Å²) in [5, 5.41) is 77.3. The average Bonchev–Trinajstić information content (AvgIpc) is 3.43. The summed E-state index contributed by atoms with van der Waals surface area (Å²) in [5.41, 5.74) is -2.88. The molecule has 0 aromatic heterocycles. The number of rotatable bonds is 14. The van der Waals surface area contributed by atoms with E-state index in [1.807, 2.05) is 13.8 Å². The summed E-state index contributed by atoms with van der Waals surface area (Å²) in [7, 11) is -3.49. The van der Waals surface area contributed by atoms with Crippen LogP contribution in [0.5, 0.6) is 0 Å². The molecule has 298 valence electrons. The summed E-state index contributed by atoms with van der Waals surface area (Å²) < 4.78 is 55.7. The van der Waals surface area contributed by atoms with Gasteiger partial charge in [0.25, 0.3) is 0 Å². The zero-order valence-corrected chi connectivity index (χ0v) is 31.8. The van der Waals surface area contributed by atoms with Crippen LogP contribution >= 0.6 is 0 Å². The van der Waals surface area contributed by atoms with Crippen LogP contribution in [-0.4, -0.2) is 130 Å². The Morgan fingerprint density at radius 2 is 1.57 bits per heavy atom. The average molecular weight is 753 g/mol. The van der Waals surface area contributed by atoms with Crippen molar-refractivity contribution < 1.29 is 67.1 Å². The van der Waals surface area contributed by atoms with Gasteiger partial charge in [-0.1, -0.05) is 41.0 Å². The molecule has 4 saturated carbocycles. The molecule has 0 unspecified atom stereocenters. The third-order valence-electron chi connectivity index (χ3n) is 14.5. The predicted octanol–water partition coefficient (Wildman–Crippen LogP) is 1.41. The highest BCUT2D eigenvalue weighted by Crippen LogP contribution is 2.70. The number of hydrogen-bond donors (Lipinski definition) is 8. The molecule has 18 atom stereocenters. The summed E-state index contributed by atoms with van der Waals surface area (Å²) in [6.45, 7) is 10.2. The molecule has 0 spiro atoms. The van der Waals surface area contributed by atoms with E-state index in [9.17, 15) is 48.7 Å². The molecule has 8 N–H and O–H groups in total. The van der Waals surface area contributed by atoms with Gasteiger partial charge < -0.3 is 50.0 Å². The molecule has 0 radical (unpaired) electrons. The van der Waals surface area contributed by atoms with E-state index >= 15 is 0 Å². The molecule has 0 bridgehead atoms. The van der Waals surface area contributed by atoms with Gasteiger partial charge in [0.05, 0.1) is 43.2 Å². The van der Waals surface area contributed by atoms with Crippen LogP contribution in [0.25, 0.3) is 0 Å². The van der Waals surface area contributed by atoms with Crippen molar-refractivity contribution in [2.75, 3.05) is 20.3 Å². The maximum absolute atomic E-state index is 12.8. The molecule has 5 fully saturated rings. The lowest BCUT2D eigenvalue weighted by Gasteiger charge is -2.66. The quantitative estimate of drug-likeness (QED) is 0.117. The first-order chi connectivity index (χ1) is 23.7. The van der Waals surface area contributed by atoms with Crippen molar-refractivity contribution >= 4 is 10.4 Å². The molecule has 1 heterocycles. The van der Waals surface area contributed by atoms with E-state index in [0.717, 1.165) is 12.8 Å². The fourth-order valence-corrected chi connectivity index (χ4v) is 12.5. The van der Waals surface area contributed by atoms with Crippen LogP contribution < -0.4 is 0 Å². The Morgan fingerprint density at radius 3 is 2.18 bits per heavy atom. The van der Waals surface area contributed by atoms with Gasteiger partial charge in [0.1, 0.15) is 24.4 Å². The summed E-state index contributed by atoms with van der Waals surface area (Å²) >= 11 is 0. The van der Waals surface area contributed by atoms with Crippen molar-refractivity contribution in [1.29, 1.82) is 0 Å². The molecule has 5 aliphatic rings. The summed E-state index contributed by atoms with van der Waals surface area (Å²) in [4.78, 5) is 0. The number of methoxy groups -OCH3 is 1. The minimum Gasteiger partial charge on any atom is -0.394 e. The molecule has 15 heteroatoms. The Bertz CT molecular complexity index is 1280. The Labute approximate surface area is 302 Å². The van der Waals surface area contributed by atoms with Gasteiger partial charge in [0.2, 0.25) is 0 Å². The summed E-state index contributed by atoms with van der Waals surface area (Å²) in [6.07, 6.45) is -4.90. The van der Waals surface area contributed by atoms with Gasteiger partial charge in [-0.2, -0.15) is 8.42 Å². The minimum absolute atomic E-state index is 0.0473. The van der Waals surface area contributed by atoms with Gasteiger partial charge >= 0.3 is 10.4 Å². The van der Waals surface area contributed by atoms with Crippen LogP contribution in [0, 0.1) is 52.3 Å². The van der Waals surface area contributed by atoms with Crippen molar-refractivity contribution in [3.05, 3.63) is 0 Å². The standard InChI is InChI=1S/C36H64O14S/c1-18(2)20(11-14-48-33-30(42)28(40)31(49-33)24(17-37)47-6)8-7-19(3)26-27(39)29(41)32-35(26,5)13-10-25-34(4)12-9-21(38)15-22(34)23(16-36(25,32)43)50-51(44,45)46/h18-33,37-43H,7-17H2,1-6H3,(H,44,45,46)/t19-,20-,21+,22-,23+,24-,25-,26+,27-,28-,29+,30-,31+,32-,33-,34+,35-,36+/m1/s1. The van der Waals surface area contributed by atoms with Gasteiger partial charge in [-0.05, 0) is 91.3 Å². The van der Waals surface area contributed by atoms with E-state index in [1.54, 1.807) is 0 Å². The maximum atomic E-state index is 12.8. The Kier molecular flexibility index (Phi) is 12.7. The second-order valence-electron chi connectivity index (χ2n) is 17.5. The lowest BCUT2D eigenvalue weighted by atomic mass is 9.42. The van der Waals surface area contributed by atoms with Gasteiger partial charge in [-0.3, -0.25) is 4.55 Å². The third-order valence-corrected chi connectivity index (χ3v) is 15.0. The third kappa shape index (κ3) is 7.68. The monoisotopic (exact) mass is 752 g/mol. The minimum atomic E-state index is -4.88. The van der Waals surface area contributed by atoms with Crippen molar-refractivity contribution in [3.63, 3.8) is 0 Å². The molecular weight excluding hydrogens is 688 g/mol. The highest BCUT2D eigenvalue weighted by atomic mass is 32.3. The molecule has 51 heavy (non-hydrogen) atoms. The molecular formula is C36H64O14S. The van der Waals surface area contributed by atoms with Crippen LogP contribution in [0.3, 0.4) is 0 Å². The summed E-state index contributed by atoms with van der Waals surface area (Å²) in [6, 6.07) is 0. The zero-order valence-electron chi connectivity index (χ0n) is 31.0. The topological polar surface area (TPSA) is 233 Å². The fraction of sp³-hybridized carbons (Fsp3) is 1.00. The number of hydrogen-bond acceptors (Lipinski definition) is 13.